The zero-order chi connectivity index (χ0) is 31.6. The Morgan fingerprint density at radius 2 is 0.750 bits per heavy atom. The van der Waals surface area contributed by atoms with E-state index in [1.165, 1.54) is 141 Å². The Morgan fingerprint density at radius 1 is 0.432 bits per heavy atom. The zero-order valence-corrected chi connectivity index (χ0v) is 29.8. The van der Waals surface area contributed by atoms with Crippen molar-refractivity contribution in [3.05, 3.63) is 48.6 Å². The summed E-state index contributed by atoms with van der Waals surface area (Å²) in [5, 5.41) is 0. The summed E-state index contributed by atoms with van der Waals surface area (Å²) in [5.41, 5.74) is 0. The Kier molecular flexibility index (Phi) is 30.8. The van der Waals surface area contributed by atoms with Crippen molar-refractivity contribution in [2.45, 2.75) is 180 Å². The van der Waals surface area contributed by atoms with Crippen LogP contribution in [0.25, 0.3) is 0 Å². The van der Waals surface area contributed by atoms with E-state index in [-0.39, 0.29) is 12.2 Å². The predicted molar refractivity (Wildman–Crippen MR) is 196 cm³/mol. The predicted octanol–water partition coefficient (Wildman–Crippen LogP) is 12.3. The van der Waals surface area contributed by atoms with E-state index in [0.717, 1.165) is 39.1 Å². The van der Waals surface area contributed by atoms with Crippen molar-refractivity contribution in [2.75, 3.05) is 33.4 Å². The summed E-state index contributed by atoms with van der Waals surface area (Å²) >= 11 is 0. The van der Waals surface area contributed by atoms with E-state index in [9.17, 15) is 0 Å². The molecule has 0 spiro atoms. The average molecular weight is 614 g/mol. The first-order valence-corrected chi connectivity index (χ1v) is 19.3. The highest BCUT2D eigenvalue weighted by Crippen LogP contribution is 2.18. The number of hydrogen-bond acceptors (Lipinski definition) is 3. The average Bonchev–Trinajstić information content (AvgIpc) is 3.38. The van der Waals surface area contributed by atoms with Gasteiger partial charge in [-0.1, -0.05) is 140 Å². The lowest BCUT2D eigenvalue weighted by molar-refractivity contribution is -0.0481. The quantitative estimate of drug-likeness (QED) is 0.0556. The van der Waals surface area contributed by atoms with Crippen LogP contribution in [0.4, 0.5) is 0 Å². The van der Waals surface area contributed by atoms with Gasteiger partial charge in [-0.15, -0.1) is 0 Å². The molecular formula is C41H75NO2. The summed E-state index contributed by atoms with van der Waals surface area (Å²) in [6, 6.07) is 0. The van der Waals surface area contributed by atoms with Gasteiger partial charge in [0.2, 0.25) is 0 Å². The molecule has 1 saturated heterocycles. The van der Waals surface area contributed by atoms with E-state index >= 15 is 0 Å². The molecule has 0 aromatic heterocycles. The zero-order valence-electron chi connectivity index (χ0n) is 29.8. The molecule has 1 rings (SSSR count). The van der Waals surface area contributed by atoms with E-state index in [1.807, 2.05) is 0 Å². The number of nitrogens with zero attached hydrogens (tertiary/aromatic N) is 1. The van der Waals surface area contributed by atoms with Crippen molar-refractivity contribution in [3.63, 3.8) is 0 Å². The molecule has 0 bridgehead atoms. The topological polar surface area (TPSA) is 21.7 Å². The maximum Gasteiger partial charge on any atom is 0.0975 e. The van der Waals surface area contributed by atoms with E-state index in [1.54, 1.807) is 0 Å². The molecule has 0 aliphatic carbocycles. The molecule has 2 atom stereocenters. The molecule has 0 aromatic carbocycles. The molecule has 0 saturated carbocycles. The molecule has 3 nitrogen and oxygen atoms in total. The molecule has 0 aromatic rings. The molecule has 1 heterocycles. The van der Waals surface area contributed by atoms with Gasteiger partial charge in [0.1, 0.15) is 0 Å². The van der Waals surface area contributed by atoms with Crippen molar-refractivity contribution in [1.82, 2.24) is 4.90 Å². The third kappa shape index (κ3) is 27.2. The number of rotatable bonds is 32. The molecule has 0 radical (unpaired) electrons. The maximum atomic E-state index is 6.30. The lowest BCUT2D eigenvalue weighted by Crippen LogP contribution is -2.30. The highest BCUT2D eigenvalue weighted by atomic mass is 16.5. The van der Waals surface area contributed by atoms with Crippen LogP contribution in [0, 0.1) is 0 Å². The van der Waals surface area contributed by atoms with Crippen LogP contribution in [-0.2, 0) is 9.47 Å². The van der Waals surface area contributed by atoms with Crippen LogP contribution in [0.3, 0.4) is 0 Å². The minimum Gasteiger partial charge on any atom is -0.374 e. The molecule has 0 amide bonds. The van der Waals surface area contributed by atoms with Crippen LogP contribution >= 0.6 is 0 Å². The Hall–Kier alpha value is -1.16. The maximum absolute atomic E-state index is 6.30. The third-order valence-corrected chi connectivity index (χ3v) is 8.75. The Morgan fingerprint density at radius 3 is 1.11 bits per heavy atom. The van der Waals surface area contributed by atoms with Crippen LogP contribution in [-0.4, -0.2) is 50.5 Å². The molecule has 1 aliphatic heterocycles. The normalized spacial score (nSPS) is 18.0. The van der Waals surface area contributed by atoms with Gasteiger partial charge < -0.3 is 14.4 Å². The SMILES string of the molecule is CCCCC/C=C\C/C=C\CCCCCCCCO[C@H]1CN(C)C[C@H]1OCCCCCCCC/C=C\C/C=C\CCCCC. The van der Waals surface area contributed by atoms with Gasteiger partial charge in [0.05, 0.1) is 12.2 Å². The Balaban J connectivity index is 1.90. The first-order valence-electron chi connectivity index (χ1n) is 19.3. The lowest BCUT2D eigenvalue weighted by Gasteiger charge is -2.20. The summed E-state index contributed by atoms with van der Waals surface area (Å²) < 4.78 is 12.6. The van der Waals surface area contributed by atoms with Crippen molar-refractivity contribution in [3.8, 4) is 0 Å². The number of allylic oxidation sites excluding steroid dienone is 8. The number of hydrogen-bond donors (Lipinski definition) is 0. The molecule has 44 heavy (non-hydrogen) atoms. The second-order valence-electron chi connectivity index (χ2n) is 13.2. The van der Waals surface area contributed by atoms with Gasteiger partial charge in [-0.05, 0) is 84.1 Å². The van der Waals surface area contributed by atoms with Crippen molar-refractivity contribution >= 4 is 0 Å². The summed E-state index contributed by atoms with van der Waals surface area (Å²) in [5.74, 6) is 0. The minimum absolute atomic E-state index is 0.252. The second kappa shape index (κ2) is 33.2. The van der Waals surface area contributed by atoms with E-state index in [2.05, 4.69) is 74.4 Å². The largest absolute Gasteiger partial charge is 0.374 e. The third-order valence-electron chi connectivity index (χ3n) is 8.75. The standard InChI is InChI=1S/C41H75NO2/c1-4-6-8-10-12-14-16-18-20-22-24-26-28-30-32-34-36-43-40-38-42(3)39-41(40)44-37-35-33-31-29-27-25-23-21-19-17-15-13-11-9-7-5-2/h12-15,18-21,40-41H,4-11,16-17,22-39H2,1-3H3/b14-12-,15-13-,20-18-,21-19-/t40-,41+. The van der Waals surface area contributed by atoms with Crippen LogP contribution in [0.5, 0.6) is 0 Å². The van der Waals surface area contributed by atoms with Gasteiger partial charge in [-0.3, -0.25) is 0 Å². The lowest BCUT2D eigenvalue weighted by atomic mass is 10.1. The summed E-state index contributed by atoms with van der Waals surface area (Å²) in [6.07, 6.45) is 50.2. The number of ether oxygens (including phenoxy) is 2. The number of likely N-dealkylation sites (N-methyl/N-ethyl adjacent to an activating group) is 1. The molecule has 0 unspecified atom stereocenters. The monoisotopic (exact) mass is 614 g/mol. The smallest absolute Gasteiger partial charge is 0.0975 e. The first-order chi connectivity index (χ1) is 21.8. The summed E-state index contributed by atoms with van der Waals surface area (Å²) in [6.45, 7) is 8.33. The molecule has 0 N–H and O–H groups in total. The van der Waals surface area contributed by atoms with Gasteiger partial charge in [0, 0.05) is 26.3 Å². The summed E-state index contributed by atoms with van der Waals surface area (Å²) in [4.78, 5) is 2.37. The number of likely N-dealkylation sites (tertiary alicyclic amines) is 1. The Bertz CT molecular complexity index is 639. The highest BCUT2D eigenvalue weighted by molar-refractivity contribution is 4.93. The van der Waals surface area contributed by atoms with Gasteiger partial charge in [0.25, 0.3) is 0 Å². The van der Waals surface area contributed by atoms with Crippen LogP contribution < -0.4 is 0 Å². The van der Waals surface area contributed by atoms with Crippen LogP contribution in [0.15, 0.2) is 48.6 Å². The fraction of sp³-hybridized carbons (Fsp3) is 0.805. The molecule has 1 aliphatic rings. The first kappa shape index (κ1) is 40.9. The second-order valence-corrected chi connectivity index (χ2v) is 13.2. The molecule has 256 valence electrons. The van der Waals surface area contributed by atoms with E-state index in [4.69, 9.17) is 9.47 Å². The van der Waals surface area contributed by atoms with Gasteiger partial charge >= 0.3 is 0 Å². The molecule has 1 fully saturated rings. The highest BCUT2D eigenvalue weighted by Gasteiger charge is 2.32. The van der Waals surface area contributed by atoms with Crippen molar-refractivity contribution in [2.24, 2.45) is 0 Å². The minimum atomic E-state index is 0.252. The van der Waals surface area contributed by atoms with Crippen LogP contribution in [0.1, 0.15) is 168 Å². The van der Waals surface area contributed by atoms with Gasteiger partial charge in [-0.2, -0.15) is 0 Å². The fourth-order valence-corrected chi connectivity index (χ4v) is 5.89. The summed E-state index contributed by atoms with van der Waals surface area (Å²) in [7, 11) is 2.20. The molecule has 3 heteroatoms. The number of unbranched alkanes of at least 4 members (excludes halogenated alkanes) is 18. The molecular weight excluding hydrogens is 538 g/mol. The van der Waals surface area contributed by atoms with Crippen molar-refractivity contribution < 1.29 is 9.47 Å². The van der Waals surface area contributed by atoms with Crippen LogP contribution in [0.2, 0.25) is 0 Å². The van der Waals surface area contributed by atoms with Gasteiger partial charge in [-0.25, -0.2) is 0 Å². The fourth-order valence-electron chi connectivity index (χ4n) is 5.89. The van der Waals surface area contributed by atoms with E-state index in [0.29, 0.717) is 0 Å². The van der Waals surface area contributed by atoms with Crippen molar-refractivity contribution in [1.29, 1.82) is 0 Å². The van der Waals surface area contributed by atoms with Gasteiger partial charge in [0.15, 0.2) is 0 Å². The van der Waals surface area contributed by atoms with E-state index < -0.39 is 0 Å². The Labute approximate surface area is 276 Å².